The number of pyridine rings is 1. The van der Waals surface area contributed by atoms with Crippen molar-refractivity contribution >= 4 is 21.6 Å². The van der Waals surface area contributed by atoms with E-state index in [9.17, 15) is 13.2 Å². The van der Waals surface area contributed by atoms with Gasteiger partial charge in [0.2, 0.25) is 10.0 Å². The molecule has 0 saturated heterocycles. The molecule has 0 aliphatic carbocycles. The van der Waals surface area contributed by atoms with Crippen LogP contribution in [0.2, 0.25) is 5.02 Å². The number of nitrogens with one attached hydrogen (secondary N) is 1. The molecule has 5 nitrogen and oxygen atoms in total. The van der Waals surface area contributed by atoms with Crippen molar-refractivity contribution in [2.24, 2.45) is 0 Å². The summed E-state index contributed by atoms with van der Waals surface area (Å²) in [6.45, 7) is 1.79. The molecule has 0 aliphatic rings. The maximum Gasteiger partial charge on any atom is 0.266 e. The van der Waals surface area contributed by atoms with Gasteiger partial charge in [-0.25, -0.2) is 8.42 Å². The highest BCUT2D eigenvalue weighted by Gasteiger charge is 2.26. The van der Waals surface area contributed by atoms with E-state index in [-0.39, 0.29) is 16.0 Å². The molecule has 1 heterocycles. The smallest absolute Gasteiger partial charge is 0.266 e. The highest BCUT2D eigenvalue weighted by Crippen LogP contribution is 2.25. The van der Waals surface area contributed by atoms with E-state index in [0.717, 1.165) is 17.8 Å². The lowest BCUT2D eigenvalue weighted by Crippen LogP contribution is -2.30. The Morgan fingerprint density at radius 1 is 1.24 bits per heavy atom. The second-order valence-electron chi connectivity index (χ2n) is 4.62. The summed E-state index contributed by atoms with van der Waals surface area (Å²) in [4.78, 5) is 13.5. The molecule has 1 unspecified atom stereocenters. The first-order chi connectivity index (χ1) is 9.84. The fourth-order valence-corrected chi connectivity index (χ4v) is 3.48. The molecule has 0 amide bonds. The maximum atomic E-state index is 12.6. The lowest BCUT2D eigenvalue weighted by molar-refractivity contribution is 0.398. The number of sulfonamides is 1. The van der Waals surface area contributed by atoms with Crippen molar-refractivity contribution in [1.29, 1.82) is 0 Å². The number of halogens is 1. The molecule has 1 aromatic heterocycles. The van der Waals surface area contributed by atoms with Gasteiger partial charge < -0.3 is 4.98 Å². The van der Waals surface area contributed by atoms with Crippen molar-refractivity contribution in [3.05, 3.63) is 63.5 Å². The molecule has 1 aromatic carbocycles. The van der Waals surface area contributed by atoms with Crippen molar-refractivity contribution in [2.75, 3.05) is 7.05 Å². The van der Waals surface area contributed by atoms with E-state index in [1.807, 2.05) is 30.3 Å². The van der Waals surface area contributed by atoms with Crippen molar-refractivity contribution in [2.45, 2.75) is 17.9 Å². The summed E-state index contributed by atoms with van der Waals surface area (Å²) in [6.07, 6.45) is 1.15. The first-order valence-corrected chi connectivity index (χ1v) is 8.07. The molecule has 0 bridgehead atoms. The molecule has 0 saturated carbocycles. The summed E-state index contributed by atoms with van der Waals surface area (Å²) in [7, 11) is -2.25. The van der Waals surface area contributed by atoms with E-state index >= 15 is 0 Å². The average molecular weight is 327 g/mol. The second-order valence-corrected chi connectivity index (χ2v) is 7.03. The minimum absolute atomic E-state index is 0.0441. The molecule has 2 rings (SSSR count). The zero-order chi connectivity index (χ0) is 15.6. The first kappa shape index (κ1) is 15.8. The molecule has 1 N–H and O–H groups in total. The summed E-state index contributed by atoms with van der Waals surface area (Å²) in [6, 6.07) is 10.1. The molecule has 2 aromatic rings. The van der Waals surface area contributed by atoms with Crippen LogP contribution < -0.4 is 5.56 Å². The van der Waals surface area contributed by atoms with Crippen LogP contribution in [0.5, 0.6) is 0 Å². The summed E-state index contributed by atoms with van der Waals surface area (Å²) >= 11 is 5.69. The van der Waals surface area contributed by atoms with Gasteiger partial charge in [0.15, 0.2) is 0 Å². The van der Waals surface area contributed by atoms with Gasteiger partial charge in [0.25, 0.3) is 5.56 Å². The molecule has 0 radical (unpaired) electrons. The van der Waals surface area contributed by atoms with Crippen molar-refractivity contribution in [3.8, 4) is 0 Å². The van der Waals surface area contributed by atoms with Crippen LogP contribution in [-0.4, -0.2) is 24.8 Å². The summed E-state index contributed by atoms with van der Waals surface area (Å²) in [5.74, 6) is 0. The van der Waals surface area contributed by atoms with Crippen LogP contribution in [-0.2, 0) is 10.0 Å². The Labute approximate surface area is 128 Å². The minimum atomic E-state index is -3.75. The second kappa shape index (κ2) is 6.01. The van der Waals surface area contributed by atoms with Crippen LogP contribution in [0, 0.1) is 0 Å². The number of aromatic amines is 1. The van der Waals surface area contributed by atoms with Crippen LogP contribution in [0.3, 0.4) is 0 Å². The summed E-state index contributed by atoms with van der Waals surface area (Å²) in [5, 5.41) is -0.156. The van der Waals surface area contributed by atoms with Crippen LogP contribution in [0.15, 0.2) is 52.3 Å². The SMILES string of the molecule is CC(c1ccccc1)N(C)S(=O)(=O)c1c[nH]c(=O)c(Cl)c1. The highest BCUT2D eigenvalue weighted by atomic mass is 35.5. The van der Waals surface area contributed by atoms with Gasteiger partial charge in [-0.2, -0.15) is 4.31 Å². The van der Waals surface area contributed by atoms with Crippen LogP contribution in [0.4, 0.5) is 0 Å². The van der Waals surface area contributed by atoms with Crippen molar-refractivity contribution in [3.63, 3.8) is 0 Å². The van der Waals surface area contributed by atoms with Gasteiger partial charge >= 0.3 is 0 Å². The third-order valence-corrected chi connectivity index (χ3v) is 5.52. The zero-order valence-electron chi connectivity index (χ0n) is 11.6. The van der Waals surface area contributed by atoms with E-state index < -0.39 is 15.6 Å². The van der Waals surface area contributed by atoms with Crippen molar-refractivity contribution < 1.29 is 8.42 Å². The Kier molecular flexibility index (Phi) is 4.51. The number of nitrogens with zero attached hydrogens (tertiary/aromatic N) is 1. The standard InChI is InChI=1S/C14H15ClN2O3S/c1-10(11-6-4-3-5-7-11)17(2)21(19,20)12-8-13(15)14(18)16-9-12/h3-10H,1-2H3,(H,16,18). The van der Waals surface area contributed by atoms with Crippen LogP contribution >= 0.6 is 11.6 Å². The monoisotopic (exact) mass is 326 g/mol. The fourth-order valence-electron chi connectivity index (χ4n) is 1.90. The number of hydrogen-bond acceptors (Lipinski definition) is 3. The molecule has 0 spiro atoms. The number of benzene rings is 1. The summed E-state index contributed by atoms with van der Waals surface area (Å²) < 4.78 is 26.4. The topological polar surface area (TPSA) is 70.2 Å². The quantitative estimate of drug-likeness (QED) is 0.938. The Balaban J connectivity index is 2.39. The average Bonchev–Trinajstić information content (AvgIpc) is 2.49. The fraction of sp³-hybridized carbons (Fsp3) is 0.214. The van der Waals surface area contributed by atoms with Crippen molar-refractivity contribution in [1.82, 2.24) is 9.29 Å². The van der Waals surface area contributed by atoms with Crippen LogP contribution in [0.25, 0.3) is 0 Å². The molecule has 112 valence electrons. The number of rotatable bonds is 4. The first-order valence-electron chi connectivity index (χ1n) is 6.25. The number of H-pyrrole nitrogens is 1. The molecular formula is C14H15ClN2O3S. The molecular weight excluding hydrogens is 312 g/mol. The largest absolute Gasteiger partial charge is 0.326 e. The van der Waals surface area contributed by atoms with E-state index in [1.165, 1.54) is 11.4 Å². The predicted octanol–water partition coefficient (Wildman–Crippen LogP) is 2.41. The molecule has 0 fully saturated rings. The highest BCUT2D eigenvalue weighted by molar-refractivity contribution is 7.89. The minimum Gasteiger partial charge on any atom is -0.326 e. The summed E-state index contributed by atoms with van der Waals surface area (Å²) in [5.41, 5.74) is 0.355. The third kappa shape index (κ3) is 3.18. The predicted molar refractivity (Wildman–Crippen MR) is 81.9 cm³/mol. The van der Waals surface area contributed by atoms with Gasteiger partial charge in [-0.15, -0.1) is 0 Å². The Morgan fingerprint density at radius 2 is 1.86 bits per heavy atom. The molecule has 1 atom stereocenters. The van der Waals surface area contributed by atoms with E-state index in [4.69, 9.17) is 11.6 Å². The van der Waals surface area contributed by atoms with E-state index in [2.05, 4.69) is 4.98 Å². The molecule has 21 heavy (non-hydrogen) atoms. The molecule has 0 aliphatic heterocycles. The Hall–Kier alpha value is -1.63. The Bertz CT molecular complexity index is 787. The van der Waals surface area contributed by atoms with Gasteiger partial charge in [-0.3, -0.25) is 4.79 Å². The van der Waals surface area contributed by atoms with Gasteiger partial charge in [0.1, 0.15) is 5.02 Å². The van der Waals surface area contributed by atoms with Gasteiger partial charge in [0, 0.05) is 19.3 Å². The van der Waals surface area contributed by atoms with Gasteiger partial charge in [-0.1, -0.05) is 41.9 Å². The van der Waals surface area contributed by atoms with E-state index in [1.54, 1.807) is 6.92 Å². The maximum absolute atomic E-state index is 12.6. The third-order valence-electron chi connectivity index (χ3n) is 3.34. The number of aromatic nitrogens is 1. The number of hydrogen-bond donors (Lipinski definition) is 1. The Morgan fingerprint density at radius 3 is 2.43 bits per heavy atom. The lowest BCUT2D eigenvalue weighted by atomic mass is 10.1. The lowest BCUT2D eigenvalue weighted by Gasteiger charge is -2.24. The van der Waals surface area contributed by atoms with E-state index in [0.29, 0.717) is 0 Å². The zero-order valence-corrected chi connectivity index (χ0v) is 13.1. The van der Waals surface area contributed by atoms with Gasteiger partial charge in [-0.05, 0) is 18.6 Å². The van der Waals surface area contributed by atoms with Crippen LogP contribution in [0.1, 0.15) is 18.5 Å². The normalized spacial score (nSPS) is 13.3. The molecule has 7 heteroatoms. The van der Waals surface area contributed by atoms with Gasteiger partial charge in [0.05, 0.1) is 4.90 Å².